The molecule has 0 spiro atoms. The number of sulfonamides is 1. The second kappa shape index (κ2) is 8.40. The van der Waals surface area contributed by atoms with Crippen LogP contribution in [0.1, 0.15) is 21.5 Å². The Hall–Kier alpha value is -2.38. The van der Waals surface area contributed by atoms with E-state index in [0.29, 0.717) is 30.2 Å². The molecular weight excluding hydrogens is 443 g/mol. The van der Waals surface area contributed by atoms with Crippen LogP contribution in [0.2, 0.25) is 10.0 Å². The maximum Gasteiger partial charge on any atom is 0.257 e. The van der Waals surface area contributed by atoms with Gasteiger partial charge in [-0.1, -0.05) is 59.6 Å². The van der Waals surface area contributed by atoms with E-state index in [9.17, 15) is 13.2 Å². The average Bonchev–Trinajstić information content (AvgIpc) is 2.75. The van der Waals surface area contributed by atoms with Crippen molar-refractivity contribution in [3.05, 3.63) is 93.5 Å². The van der Waals surface area contributed by atoms with Crippen LogP contribution < -0.4 is 5.32 Å². The Kier molecular flexibility index (Phi) is 5.84. The topological polar surface area (TPSA) is 66.5 Å². The highest BCUT2D eigenvalue weighted by molar-refractivity contribution is 7.89. The van der Waals surface area contributed by atoms with Crippen molar-refractivity contribution in [1.82, 2.24) is 4.31 Å². The van der Waals surface area contributed by atoms with Gasteiger partial charge < -0.3 is 5.32 Å². The smallest absolute Gasteiger partial charge is 0.257 e. The van der Waals surface area contributed by atoms with Crippen molar-refractivity contribution in [2.24, 2.45) is 0 Å². The van der Waals surface area contributed by atoms with Crippen molar-refractivity contribution in [1.29, 1.82) is 0 Å². The molecule has 1 amide bonds. The summed E-state index contributed by atoms with van der Waals surface area (Å²) >= 11 is 12.3. The van der Waals surface area contributed by atoms with Crippen molar-refractivity contribution < 1.29 is 13.2 Å². The number of nitrogens with zero attached hydrogens (tertiary/aromatic N) is 1. The second-order valence-corrected chi connectivity index (χ2v) is 9.69. The predicted octanol–water partition coefficient (Wildman–Crippen LogP) is 4.99. The number of rotatable bonds is 4. The molecule has 0 saturated carbocycles. The van der Waals surface area contributed by atoms with E-state index >= 15 is 0 Å². The van der Waals surface area contributed by atoms with Gasteiger partial charge in [0.05, 0.1) is 26.2 Å². The number of hydrogen-bond acceptors (Lipinski definition) is 3. The maximum atomic E-state index is 13.2. The monoisotopic (exact) mass is 460 g/mol. The van der Waals surface area contributed by atoms with Crippen LogP contribution in [-0.2, 0) is 23.0 Å². The quantitative estimate of drug-likeness (QED) is 0.595. The lowest BCUT2D eigenvalue weighted by molar-refractivity contribution is 0.102. The lowest BCUT2D eigenvalue weighted by atomic mass is 10.0. The van der Waals surface area contributed by atoms with Crippen LogP contribution in [0, 0.1) is 0 Å². The Bertz CT molecular complexity index is 1230. The summed E-state index contributed by atoms with van der Waals surface area (Å²) in [6.07, 6.45) is 0.642. The van der Waals surface area contributed by atoms with E-state index in [1.54, 1.807) is 24.3 Å². The number of benzene rings is 3. The zero-order valence-corrected chi connectivity index (χ0v) is 18.1. The number of fused-ring (bicyclic) bond motifs is 1. The Balaban J connectivity index is 1.62. The molecule has 3 aromatic carbocycles. The van der Waals surface area contributed by atoms with Gasteiger partial charge in [-0.2, -0.15) is 4.31 Å². The zero-order chi connectivity index (χ0) is 21.3. The molecule has 1 aliphatic rings. The molecule has 1 aliphatic heterocycles. The molecule has 0 unspecified atom stereocenters. The molecule has 4 rings (SSSR count). The fourth-order valence-corrected chi connectivity index (χ4v) is 5.25. The van der Waals surface area contributed by atoms with Crippen LogP contribution in [-0.4, -0.2) is 25.2 Å². The van der Waals surface area contributed by atoms with E-state index in [1.165, 1.54) is 22.5 Å². The van der Waals surface area contributed by atoms with E-state index in [-0.39, 0.29) is 15.5 Å². The van der Waals surface area contributed by atoms with Gasteiger partial charge in [0.15, 0.2) is 0 Å². The van der Waals surface area contributed by atoms with Gasteiger partial charge in [0.1, 0.15) is 0 Å². The minimum Gasteiger partial charge on any atom is -0.321 e. The maximum absolute atomic E-state index is 13.2. The molecule has 0 aliphatic carbocycles. The third-order valence-corrected chi connectivity index (χ3v) is 7.54. The molecule has 0 bridgehead atoms. The molecule has 5 nitrogen and oxygen atoms in total. The van der Waals surface area contributed by atoms with Crippen molar-refractivity contribution in [2.75, 3.05) is 11.9 Å². The first kappa shape index (κ1) is 20.9. The summed E-state index contributed by atoms with van der Waals surface area (Å²) in [5.41, 5.74) is 2.62. The summed E-state index contributed by atoms with van der Waals surface area (Å²) in [6.45, 7) is 0.672. The van der Waals surface area contributed by atoms with Crippen LogP contribution >= 0.6 is 23.2 Å². The van der Waals surface area contributed by atoms with E-state index in [1.807, 2.05) is 24.3 Å². The molecule has 1 heterocycles. The van der Waals surface area contributed by atoms with Crippen molar-refractivity contribution >= 4 is 44.8 Å². The summed E-state index contributed by atoms with van der Waals surface area (Å²) in [7, 11) is -3.79. The Morgan fingerprint density at radius 1 is 0.900 bits per heavy atom. The SMILES string of the molecule is O=C(Nc1ccccc1Cl)c1cc(S(=O)(=O)N2CCc3ccccc3C2)ccc1Cl. The molecular formula is C22H18Cl2N2O3S. The van der Waals surface area contributed by atoms with Gasteiger partial charge in [-0.3, -0.25) is 4.79 Å². The summed E-state index contributed by atoms with van der Waals surface area (Å²) in [5, 5.41) is 3.20. The van der Waals surface area contributed by atoms with Gasteiger partial charge in [0.25, 0.3) is 5.91 Å². The molecule has 30 heavy (non-hydrogen) atoms. The Morgan fingerprint density at radius 3 is 2.37 bits per heavy atom. The normalized spacial score (nSPS) is 14.2. The highest BCUT2D eigenvalue weighted by Gasteiger charge is 2.29. The van der Waals surface area contributed by atoms with Gasteiger partial charge in [-0.15, -0.1) is 0 Å². The number of hydrogen-bond donors (Lipinski definition) is 1. The summed E-state index contributed by atoms with van der Waals surface area (Å²) < 4.78 is 27.9. The van der Waals surface area contributed by atoms with E-state index in [4.69, 9.17) is 23.2 Å². The van der Waals surface area contributed by atoms with Crippen LogP contribution in [0.5, 0.6) is 0 Å². The number of para-hydroxylation sites is 1. The molecule has 0 aromatic heterocycles. The zero-order valence-electron chi connectivity index (χ0n) is 15.8. The molecule has 0 saturated heterocycles. The number of halogens is 2. The largest absolute Gasteiger partial charge is 0.321 e. The molecule has 154 valence electrons. The van der Waals surface area contributed by atoms with Gasteiger partial charge >= 0.3 is 0 Å². The summed E-state index contributed by atoms with van der Waals surface area (Å²) in [5.74, 6) is -0.533. The van der Waals surface area contributed by atoms with Gasteiger partial charge in [0, 0.05) is 13.1 Å². The lowest BCUT2D eigenvalue weighted by Crippen LogP contribution is -2.36. The third kappa shape index (κ3) is 4.09. The van der Waals surface area contributed by atoms with E-state index in [0.717, 1.165) is 11.1 Å². The highest BCUT2D eigenvalue weighted by atomic mass is 35.5. The minimum atomic E-state index is -3.79. The van der Waals surface area contributed by atoms with Crippen molar-refractivity contribution in [3.8, 4) is 0 Å². The number of amides is 1. The van der Waals surface area contributed by atoms with Gasteiger partial charge in [-0.25, -0.2) is 8.42 Å². The molecule has 1 N–H and O–H groups in total. The van der Waals surface area contributed by atoms with E-state index in [2.05, 4.69) is 5.32 Å². The standard InChI is InChI=1S/C22H18Cl2N2O3S/c23-19-10-9-17(13-18(19)22(27)25-21-8-4-3-7-20(21)24)30(28,29)26-12-11-15-5-1-2-6-16(15)14-26/h1-10,13H,11-12,14H2,(H,25,27). The Labute approximate surface area is 185 Å². The van der Waals surface area contributed by atoms with Crippen LogP contribution in [0.15, 0.2) is 71.6 Å². The number of carbonyl (C=O) groups is 1. The molecule has 0 radical (unpaired) electrons. The molecule has 0 atom stereocenters. The first-order valence-electron chi connectivity index (χ1n) is 9.28. The Morgan fingerprint density at radius 2 is 1.60 bits per heavy atom. The lowest BCUT2D eigenvalue weighted by Gasteiger charge is -2.28. The van der Waals surface area contributed by atoms with Crippen LogP contribution in [0.3, 0.4) is 0 Å². The fourth-order valence-electron chi connectivity index (χ4n) is 3.42. The number of nitrogens with one attached hydrogen (secondary N) is 1. The van der Waals surface area contributed by atoms with Crippen molar-refractivity contribution in [2.45, 2.75) is 17.9 Å². The molecule has 3 aromatic rings. The number of carbonyl (C=O) groups excluding carboxylic acids is 1. The van der Waals surface area contributed by atoms with Crippen LogP contribution in [0.4, 0.5) is 5.69 Å². The fraction of sp³-hybridized carbons (Fsp3) is 0.136. The van der Waals surface area contributed by atoms with Crippen molar-refractivity contribution in [3.63, 3.8) is 0 Å². The second-order valence-electron chi connectivity index (χ2n) is 6.93. The number of anilines is 1. The summed E-state index contributed by atoms with van der Waals surface area (Å²) in [6, 6.07) is 18.7. The third-order valence-electron chi connectivity index (χ3n) is 5.04. The first-order chi connectivity index (χ1) is 14.4. The minimum absolute atomic E-state index is 0.0237. The molecule has 0 fully saturated rings. The van der Waals surface area contributed by atoms with Crippen LogP contribution in [0.25, 0.3) is 0 Å². The average molecular weight is 461 g/mol. The highest BCUT2D eigenvalue weighted by Crippen LogP contribution is 2.28. The molecule has 8 heteroatoms. The first-order valence-corrected chi connectivity index (χ1v) is 11.5. The van der Waals surface area contributed by atoms with Gasteiger partial charge in [0.2, 0.25) is 10.0 Å². The van der Waals surface area contributed by atoms with Gasteiger partial charge in [-0.05, 0) is 47.9 Å². The van der Waals surface area contributed by atoms with E-state index < -0.39 is 15.9 Å². The predicted molar refractivity (Wildman–Crippen MR) is 119 cm³/mol. The summed E-state index contributed by atoms with van der Waals surface area (Å²) in [4.78, 5) is 12.8.